The molecule has 0 amide bonds. The van der Waals surface area contributed by atoms with Crippen LogP contribution in [-0.4, -0.2) is 49.0 Å². The minimum absolute atomic E-state index is 0.150. The molecule has 0 saturated carbocycles. The van der Waals surface area contributed by atoms with E-state index in [1.54, 1.807) is 0 Å². The molecule has 1 N–H and O–H groups in total. The third-order valence-corrected chi connectivity index (χ3v) is 6.52. The molecule has 112 valence electrons. The van der Waals surface area contributed by atoms with Crippen molar-refractivity contribution in [2.24, 2.45) is 0 Å². The molecule has 1 aromatic carbocycles. The molecule has 21 heavy (non-hydrogen) atoms. The Morgan fingerprint density at radius 1 is 1.24 bits per heavy atom. The van der Waals surface area contributed by atoms with E-state index in [2.05, 4.69) is 0 Å². The summed E-state index contributed by atoms with van der Waals surface area (Å²) in [6.07, 6.45) is 0. The van der Waals surface area contributed by atoms with Crippen molar-refractivity contribution in [2.45, 2.75) is 6.54 Å². The third kappa shape index (κ3) is 2.95. The molecule has 3 rings (SSSR count). The lowest BCUT2D eigenvalue weighted by Gasteiger charge is -2.26. The Labute approximate surface area is 126 Å². The van der Waals surface area contributed by atoms with Crippen molar-refractivity contribution >= 4 is 37.2 Å². The summed E-state index contributed by atoms with van der Waals surface area (Å²) in [6.45, 7) is 1.41. The van der Waals surface area contributed by atoms with Crippen LogP contribution < -0.4 is 0 Å². The Hall–Kier alpha value is -1.44. The summed E-state index contributed by atoms with van der Waals surface area (Å²) in [5, 5.41) is 10.3. The van der Waals surface area contributed by atoms with E-state index in [0.717, 1.165) is 15.6 Å². The maximum absolute atomic E-state index is 11.5. The highest BCUT2D eigenvalue weighted by Gasteiger charge is 2.25. The number of benzene rings is 1. The summed E-state index contributed by atoms with van der Waals surface area (Å²) in [6, 6.07) is 7.62. The Morgan fingerprint density at radius 2 is 1.90 bits per heavy atom. The number of sulfone groups is 1. The van der Waals surface area contributed by atoms with Crippen molar-refractivity contribution in [2.75, 3.05) is 24.6 Å². The number of thiophene rings is 1. The Balaban J connectivity index is 1.93. The van der Waals surface area contributed by atoms with Crippen LogP contribution in [-0.2, 0) is 16.4 Å². The zero-order valence-corrected chi connectivity index (χ0v) is 12.9. The highest BCUT2D eigenvalue weighted by atomic mass is 32.2. The van der Waals surface area contributed by atoms with Crippen LogP contribution in [0.3, 0.4) is 0 Å². The zero-order chi connectivity index (χ0) is 15.0. The summed E-state index contributed by atoms with van der Waals surface area (Å²) in [5.41, 5.74) is 0.794. The minimum Gasteiger partial charge on any atom is -0.477 e. The van der Waals surface area contributed by atoms with Gasteiger partial charge in [-0.2, -0.15) is 0 Å². The minimum atomic E-state index is -2.92. The van der Waals surface area contributed by atoms with E-state index in [0.29, 0.717) is 24.5 Å². The Bertz CT molecular complexity index is 780. The average molecular weight is 325 g/mol. The molecule has 1 aromatic heterocycles. The molecule has 7 heteroatoms. The fourth-order valence-electron chi connectivity index (χ4n) is 2.56. The van der Waals surface area contributed by atoms with Crippen LogP contribution in [0.5, 0.6) is 0 Å². The molecule has 2 heterocycles. The van der Waals surface area contributed by atoms with Crippen LogP contribution >= 0.6 is 11.3 Å². The number of hydrogen-bond acceptors (Lipinski definition) is 5. The SMILES string of the molecule is O=C(O)c1sc2ccccc2c1CN1CCS(=O)(=O)CC1. The first kappa shape index (κ1) is 14.5. The molecule has 0 radical (unpaired) electrons. The number of aromatic carboxylic acids is 1. The van der Waals surface area contributed by atoms with E-state index in [9.17, 15) is 18.3 Å². The molecule has 5 nitrogen and oxygen atoms in total. The van der Waals surface area contributed by atoms with Crippen LogP contribution in [0, 0.1) is 0 Å². The first-order valence-corrected chi connectivity index (χ1v) is 9.26. The first-order valence-electron chi connectivity index (χ1n) is 6.63. The van der Waals surface area contributed by atoms with Crippen molar-refractivity contribution in [3.63, 3.8) is 0 Å². The molecule has 1 saturated heterocycles. The van der Waals surface area contributed by atoms with E-state index < -0.39 is 15.8 Å². The smallest absolute Gasteiger partial charge is 0.346 e. The van der Waals surface area contributed by atoms with Gasteiger partial charge in [-0.25, -0.2) is 13.2 Å². The van der Waals surface area contributed by atoms with Crippen molar-refractivity contribution in [1.29, 1.82) is 0 Å². The first-order chi connectivity index (χ1) is 9.96. The van der Waals surface area contributed by atoms with Crippen molar-refractivity contribution in [3.05, 3.63) is 34.7 Å². The van der Waals surface area contributed by atoms with Gasteiger partial charge in [-0.05, 0) is 17.0 Å². The lowest BCUT2D eigenvalue weighted by molar-refractivity contribution is 0.0700. The standard InChI is InChI=1S/C14H15NO4S2/c16-14(17)13-11(10-3-1-2-4-12(10)20-13)9-15-5-7-21(18,19)8-6-15/h1-4H,5-9H2,(H,16,17). The third-order valence-electron chi connectivity index (χ3n) is 3.71. The lowest BCUT2D eigenvalue weighted by Crippen LogP contribution is -2.39. The monoisotopic (exact) mass is 325 g/mol. The number of carboxylic acid groups (broad SMARTS) is 1. The van der Waals surface area contributed by atoms with Crippen molar-refractivity contribution < 1.29 is 18.3 Å². The highest BCUT2D eigenvalue weighted by molar-refractivity contribution is 7.91. The molecular formula is C14H15NO4S2. The number of nitrogens with zero attached hydrogens (tertiary/aromatic N) is 1. The van der Waals surface area contributed by atoms with E-state index in [1.807, 2.05) is 29.2 Å². The van der Waals surface area contributed by atoms with Crippen LogP contribution in [0.4, 0.5) is 0 Å². The van der Waals surface area contributed by atoms with Gasteiger partial charge in [-0.15, -0.1) is 11.3 Å². The van der Waals surface area contributed by atoms with Gasteiger partial charge in [0.05, 0.1) is 11.5 Å². The van der Waals surface area contributed by atoms with Gasteiger partial charge in [-0.3, -0.25) is 4.90 Å². The van der Waals surface area contributed by atoms with Crippen LogP contribution in [0.1, 0.15) is 15.2 Å². The highest BCUT2D eigenvalue weighted by Crippen LogP contribution is 2.32. The van der Waals surface area contributed by atoms with Gasteiger partial charge in [0, 0.05) is 24.3 Å². The second-order valence-electron chi connectivity index (χ2n) is 5.14. The molecule has 2 aromatic rings. The number of hydrogen-bond donors (Lipinski definition) is 1. The largest absolute Gasteiger partial charge is 0.477 e. The molecule has 0 atom stereocenters. The number of fused-ring (bicyclic) bond motifs is 1. The van der Waals surface area contributed by atoms with Gasteiger partial charge < -0.3 is 5.11 Å². The predicted octanol–water partition coefficient (Wildman–Crippen LogP) is 1.83. The summed E-state index contributed by atoms with van der Waals surface area (Å²) in [4.78, 5) is 13.8. The fourth-order valence-corrected chi connectivity index (χ4v) is 4.89. The van der Waals surface area contributed by atoms with Gasteiger partial charge in [0.1, 0.15) is 4.88 Å². The summed E-state index contributed by atoms with van der Waals surface area (Å²) in [7, 11) is -2.92. The van der Waals surface area contributed by atoms with Gasteiger partial charge in [0.25, 0.3) is 0 Å². The summed E-state index contributed by atoms with van der Waals surface area (Å²) >= 11 is 1.28. The van der Waals surface area contributed by atoms with E-state index in [-0.39, 0.29) is 11.5 Å². The molecule has 0 bridgehead atoms. The molecule has 1 aliphatic heterocycles. The second-order valence-corrected chi connectivity index (χ2v) is 8.49. The second kappa shape index (κ2) is 5.40. The topological polar surface area (TPSA) is 74.7 Å². The van der Waals surface area contributed by atoms with Crippen LogP contribution in [0.15, 0.2) is 24.3 Å². The molecule has 1 aliphatic rings. The van der Waals surface area contributed by atoms with Crippen LogP contribution in [0.2, 0.25) is 0 Å². The molecule has 0 unspecified atom stereocenters. The van der Waals surface area contributed by atoms with Gasteiger partial charge in [0.2, 0.25) is 0 Å². The molecular weight excluding hydrogens is 310 g/mol. The lowest BCUT2D eigenvalue weighted by atomic mass is 10.1. The van der Waals surface area contributed by atoms with Crippen molar-refractivity contribution in [3.8, 4) is 0 Å². The molecule has 0 spiro atoms. The normalized spacial score (nSPS) is 18.9. The van der Waals surface area contributed by atoms with Gasteiger partial charge in [-0.1, -0.05) is 18.2 Å². The van der Waals surface area contributed by atoms with E-state index >= 15 is 0 Å². The average Bonchev–Trinajstić information content (AvgIpc) is 2.80. The molecule has 1 fully saturated rings. The fraction of sp³-hybridized carbons (Fsp3) is 0.357. The number of carbonyl (C=O) groups is 1. The summed E-state index contributed by atoms with van der Waals surface area (Å²) < 4.78 is 23.9. The van der Waals surface area contributed by atoms with Gasteiger partial charge in [0.15, 0.2) is 9.84 Å². The number of rotatable bonds is 3. The molecule has 0 aliphatic carbocycles. The maximum atomic E-state index is 11.5. The Kier molecular flexibility index (Phi) is 3.73. The maximum Gasteiger partial charge on any atom is 0.346 e. The predicted molar refractivity (Wildman–Crippen MR) is 82.7 cm³/mol. The van der Waals surface area contributed by atoms with E-state index in [4.69, 9.17) is 0 Å². The van der Waals surface area contributed by atoms with Gasteiger partial charge >= 0.3 is 5.97 Å². The Morgan fingerprint density at radius 3 is 2.57 bits per heavy atom. The quantitative estimate of drug-likeness (QED) is 0.932. The summed E-state index contributed by atoms with van der Waals surface area (Å²) in [5.74, 6) is -0.620. The number of carboxylic acids is 1. The zero-order valence-electron chi connectivity index (χ0n) is 11.3. The van der Waals surface area contributed by atoms with Crippen molar-refractivity contribution in [1.82, 2.24) is 4.90 Å². The van der Waals surface area contributed by atoms with Crippen LogP contribution in [0.25, 0.3) is 10.1 Å². The van der Waals surface area contributed by atoms with E-state index in [1.165, 1.54) is 11.3 Å².